The Kier molecular flexibility index (Phi) is 3.56. The lowest BCUT2D eigenvalue weighted by Gasteiger charge is -2.08. The summed E-state index contributed by atoms with van der Waals surface area (Å²) in [4.78, 5) is 16.6. The maximum Gasteiger partial charge on any atom is 0.488 e. The summed E-state index contributed by atoms with van der Waals surface area (Å²) in [5.41, 5.74) is 1.75. The van der Waals surface area contributed by atoms with Crippen LogP contribution in [0.15, 0.2) is 59.7 Å². The molecule has 1 heterocycles. The van der Waals surface area contributed by atoms with Crippen molar-refractivity contribution in [2.24, 2.45) is 0 Å². The van der Waals surface area contributed by atoms with Gasteiger partial charge in [0.1, 0.15) is 0 Å². The minimum Gasteiger partial charge on any atom is -0.423 e. The van der Waals surface area contributed by atoms with Crippen LogP contribution in [0, 0.1) is 0 Å². The topological polar surface area (TPSA) is 75.4 Å². The first kappa shape index (κ1) is 13.5. The molecule has 0 fully saturated rings. The fourth-order valence-corrected chi connectivity index (χ4v) is 2.27. The van der Waals surface area contributed by atoms with Gasteiger partial charge in [-0.05, 0) is 23.2 Å². The number of nitrogens with zero attached hydrogens (tertiary/aromatic N) is 2. The van der Waals surface area contributed by atoms with Crippen molar-refractivity contribution in [1.82, 2.24) is 9.55 Å². The monoisotopic (exact) mass is 280 g/mol. The van der Waals surface area contributed by atoms with Crippen LogP contribution in [0.25, 0.3) is 10.9 Å². The predicted octanol–water partition coefficient (Wildman–Crippen LogP) is 0.125. The number of rotatable bonds is 3. The largest absolute Gasteiger partial charge is 0.488 e. The Labute approximate surface area is 121 Å². The molecule has 0 amide bonds. The molecular weight excluding hydrogens is 267 g/mol. The van der Waals surface area contributed by atoms with E-state index in [2.05, 4.69) is 4.98 Å². The van der Waals surface area contributed by atoms with E-state index in [9.17, 15) is 14.8 Å². The molecule has 21 heavy (non-hydrogen) atoms. The van der Waals surface area contributed by atoms with Gasteiger partial charge < -0.3 is 10.0 Å². The molecule has 5 nitrogen and oxygen atoms in total. The Morgan fingerprint density at radius 2 is 1.90 bits per heavy atom. The molecule has 2 N–H and O–H groups in total. The van der Waals surface area contributed by atoms with Gasteiger partial charge in [0, 0.05) is 0 Å². The van der Waals surface area contributed by atoms with E-state index in [1.54, 1.807) is 36.4 Å². The minimum atomic E-state index is -1.52. The average molecular weight is 280 g/mol. The third-order valence-corrected chi connectivity index (χ3v) is 3.33. The first-order valence-electron chi connectivity index (χ1n) is 6.54. The maximum absolute atomic E-state index is 12.4. The lowest BCUT2D eigenvalue weighted by atomic mass is 9.79. The molecule has 0 aliphatic carbocycles. The molecular formula is C15H13BN2O3. The van der Waals surface area contributed by atoms with E-state index in [0.29, 0.717) is 22.9 Å². The SMILES string of the molecule is O=c1c2ccccc2ncn1Cc1cccc(B(O)O)c1. The Morgan fingerprint density at radius 1 is 1.10 bits per heavy atom. The van der Waals surface area contributed by atoms with E-state index in [-0.39, 0.29) is 5.56 Å². The third-order valence-electron chi connectivity index (χ3n) is 3.33. The second-order valence-electron chi connectivity index (χ2n) is 4.81. The van der Waals surface area contributed by atoms with Gasteiger partial charge in [-0.3, -0.25) is 9.36 Å². The standard InChI is InChI=1S/C15H13BN2O3/c19-15-13-6-1-2-7-14(13)17-10-18(15)9-11-4-3-5-12(8-11)16(20)21/h1-8,10,20-21H,9H2. The lowest BCUT2D eigenvalue weighted by molar-refractivity contribution is 0.425. The maximum atomic E-state index is 12.4. The smallest absolute Gasteiger partial charge is 0.423 e. The van der Waals surface area contributed by atoms with Crippen LogP contribution < -0.4 is 11.0 Å². The average Bonchev–Trinajstić information content (AvgIpc) is 2.51. The Hall–Kier alpha value is -2.44. The van der Waals surface area contributed by atoms with Gasteiger partial charge >= 0.3 is 7.12 Å². The van der Waals surface area contributed by atoms with Gasteiger partial charge in [0.05, 0.1) is 23.8 Å². The van der Waals surface area contributed by atoms with E-state index in [4.69, 9.17) is 0 Å². The molecule has 6 heteroatoms. The molecule has 2 aromatic carbocycles. The number of fused-ring (bicyclic) bond motifs is 1. The number of para-hydroxylation sites is 1. The van der Waals surface area contributed by atoms with E-state index in [0.717, 1.165) is 5.56 Å². The van der Waals surface area contributed by atoms with E-state index in [1.165, 1.54) is 10.9 Å². The van der Waals surface area contributed by atoms with Crippen LogP contribution in [0.5, 0.6) is 0 Å². The van der Waals surface area contributed by atoms with Gasteiger partial charge in [-0.25, -0.2) is 4.98 Å². The first-order chi connectivity index (χ1) is 10.1. The van der Waals surface area contributed by atoms with Gasteiger partial charge in [0.15, 0.2) is 0 Å². The summed E-state index contributed by atoms with van der Waals surface area (Å²) in [7, 11) is -1.52. The van der Waals surface area contributed by atoms with Gasteiger partial charge in [0.25, 0.3) is 5.56 Å². The van der Waals surface area contributed by atoms with Crippen molar-refractivity contribution in [1.29, 1.82) is 0 Å². The quantitative estimate of drug-likeness (QED) is 0.668. The van der Waals surface area contributed by atoms with Crippen molar-refractivity contribution in [3.05, 3.63) is 70.8 Å². The van der Waals surface area contributed by atoms with Crippen LogP contribution in [0.1, 0.15) is 5.56 Å². The lowest BCUT2D eigenvalue weighted by Crippen LogP contribution is -2.30. The van der Waals surface area contributed by atoms with Crippen LogP contribution in [0.2, 0.25) is 0 Å². The molecule has 0 bridgehead atoms. The molecule has 0 spiro atoms. The third kappa shape index (κ3) is 2.72. The Morgan fingerprint density at radius 3 is 2.71 bits per heavy atom. The Balaban J connectivity index is 2.00. The van der Waals surface area contributed by atoms with E-state index >= 15 is 0 Å². The number of aromatic nitrogens is 2. The van der Waals surface area contributed by atoms with Crippen molar-refractivity contribution >= 4 is 23.5 Å². The molecule has 1 aromatic heterocycles. The first-order valence-corrected chi connectivity index (χ1v) is 6.54. The van der Waals surface area contributed by atoms with Gasteiger partial charge in [-0.15, -0.1) is 0 Å². The zero-order valence-electron chi connectivity index (χ0n) is 11.2. The van der Waals surface area contributed by atoms with E-state index < -0.39 is 7.12 Å². The summed E-state index contributed by atoms with van der Waals surface area (Å²) >= 11 is 0. The number of hydrogen-bond acceptors (Lipinski definition) is 4. The molecule has 3 rings (SSSR count). The molecule has 3 aromatic rings. The fourth-order valence-electron chi connectivity index (χ4n) is 2.27. The van der Waals surface area contributed by atoms with Gasteiger partial charge in [-0.1, -0.05) is 36.4 Å². The summed E-state index contributed by atoms with van der Waals surface area (Å²) < 4.78 is 1.51. The molecule has 0 unspecified atom stereocenters. The van der Waals surface area contributed by atoms with Crippen molar-refractivity contribution in [2.45, 2.75) is 6.54 Å². The van der Waals surface area contributed by atoms with E-state index in [1.807, 2.05) is 12.1 Å². The highest BCUT2D eigenvalue weighted by molar-refractivity contribution is 6.58. The zero-order chi connectivity index (χ0) is 14.8. The van der Waals surface area contributed by atoms with Crippen LogP contribution in [0.4, 0.5) is 0 Å². The molecule has 0 saturated heterocycles. The highest BCUT2D eigenvalue weighted by atomic mass is 16.4. The van der Waals surface area contributed by atoms with Crippen LogP contribution >= 0.6 is 0 Å². The highest BCUT2D eigenvalue weighted by Gasteiger charge is 2.11. The Bertz CT molecular complexity index is 845. The van der Waals surface area contributed by atoms with Crippen molar-refractivity contribution < 1.29 is 10.0 Å². The second-order valence-corrected chi connectivity index (χ2v) is 4.81. The minimum absolute atomic E-state index is 0.115. The highest BCUT2D eigenvalue weighted by Crippen LogP contribution is 2.06. The second kappa shape index (κ2) is 5.51. The molecule has 0 saturated carbocycles. The summed E-state index contributed by atoms with van der Waals surface area (Å²) in [6.45, 7) is 0.331. The number of benzene rings is 2. The van der Waals surface area contributed by atoms with Crippen LogP contribution in [-0.4, -0.2) is 26.7 Å². The van der Waals surface area contributed by atoms with Crippen molar-refractivity contribution in [3.8, 4) is 0 Å². The predicted molar refractivity (Wildman–Crippen MR) is 81.4 cm³/mol. The summed E-state index contributed by atoms with van der Waals surface area (Å²) in [5.74, 6) is 0. The molecule has 104 valence electrons. The van der Waals surface area contributed by atoms with Crippen molar-refractivity contribution in [2.75, 3.05) is 0 Å². The van der Waals surface area contributed by atoms with Crippen LogP contribution in [0.3, 0.4) is 0 Å². The summed E-state index contributed by atoms with van der Waals surface area (Å²) in [6, 6.07) is 14.0. The molecule has 0 aliphatic rings. The number of hydrogen-bond donors (Lipinski definition) is 2. The molecule has 0 aliphatic heterocycles. The van der Waals surface area contributed by atoms with Crippen molar-refractivity contribution in [3.63, 3.8) is 0 Å². The fraction of sp³-hybridized carbons (Fsp3) is 0.0667. The normalized spacial score (nSPS) is 10.8. The summed E-state index contributed by atoms with van der Waals surface area (Å²) in [6.07, 6.45) is 1.51. The zero-order valence-corrected chi connectivity index (χ0v) is 11.2. The van der Waals surface area contributed by atoms with Gasteiger partial charge in [-0.2, -0.15) is 0 Å². The summed E-state index contributed by atoms with van der Waals surface area (Å²) in [5, 5.41) is 18.9. The van der Waals surface area contributed by atoms with Crippen LogP contribution in [-0.2, 0) is 6.54 Å². The molecule has 0 atom stereocenters. The molecule has 0 radical (unpaired) electrons. The van der Waals surface area contributed by atoms with Gasteiger partial charge in [0.2, 0.25) is 0 Å².